The minimum atomic E-state index is 0.0673. The van der Waals surface area contributed by atoms with Crippen LogP contribution in [0.4, 0.5) is 0 Å². The van der Waals surface area contributed by atoms with Crippen LogP contribution < -0.4 is 20.1 Å². The minimum absolute atomic E-state index is 0.0673. The molecule has 0 bridgehead atoms. The Labute approximate surface area is 102 Å². The van der Waals surface area contributed by atoms with Crippen LogP contribution in [0.3, 0.4) is 0 Å². The molecule has 0 saturated heterocycles. The number of nitrogens with one attached hydrogen (secondary N) is 2. The van der Waals surface area contributed by atoms with Gasteiger partial charge in [-0.1, -0.05) is 19.9 Å². The number of hydrogen-bond donors (Lipinski definition) is 2. The van der Waals surface area contributed by atoms with Crippen molar-refractivity contribution in [2.45, 2.75) is 19.3 Å². The third-order valence-corrected chi connectivity index (χ3v) is 3.02. The van der Waals surface area contributed by atoms with Crippen molar-refractivity contribution in [3.8, 4) is 11.5 Å². The van der Waals surface area contributed by atoms with Gasteiger partial charge in [0.2, 0.25) is 6.79 Å². The predicted octanol–water partition coefficient (Wildman–Crippen LogP) is 1.46. The maximum atomic E-state index is 5.40. The van der Waals surface area contributed by atoms with Crippen LogP contribution >= 0.6 is 0 Å². The van der Waals surface area contributed by atoms with E-state index in [2.05, 4.69) is 36.6 Å². The summed E-state index contributed by atoms with van der Waals surface area (Å²) in [6.07, 6.45) is 0. The Bertz CT molecular complexity index is 391. The molecular weight excluding hydrogens is 216 g/mol. The van der Waals surface area contributed by atoms with Crippen molar-refractivity contribution in [3.63, 3.8) is 0 Å². The lowest BCUT2D eigenvalue weighted by Crippen LogP contribution is -2.37. The van der Waals surface area contributed by atoms with Crippen molar-refractivity contribution < 1.29 is 9.47 Å². The molecule has 1 aliphatic heterocycles. The zero-order valence-electron chi connectivity index (χ0n) is 10.7. The first-order chi connectivity index (χ1) is 8.13. The molecule has 0 spiro atoms. The summed E-state index contributed by atoms with van der Waals surface area (Å²) in [6.45, 7) is 6.49. The van der Waals surface area contributed by atoms with E-state index in [1.807, 2.05) is 13.1 Å². The first-order valence-corrected chi connectivity index (χ1v) is 5.89. The molecule has 0 radical (unpaired) electrons. The molecule has 4 nitrogen and oxygen atoms in total. The van der Waals surface area contributed by atoms with Gasteiger partial charge in [0.25, 0.3) is 0 Å². The zero-order chi connectivity index (χ0) is 12.3. The van der Waals surface area contributed by atoms with Crippen molar-refractivity contribution in [2.75, 3.05) is 27.1 Å². The second kappa shape index (κ2) is 4.94. The third kappa shape index (κ3) is 2.70. The number of benzene rings is 1. The lowest BCUT2D eigenvalue weighted by atomic mass is 9.84. The molecule has 1 aromatic rings. The summed E-state index contributed by atoms with van der Waals surface area (Å²) in [7, 11) is 1.93. The van der Waals surface area contributed by atoms with Crippen molar-refractivity contribution in [2.24, 2.45) is 0 Å². The van der Waals surface area contributed by atoms with E-state index in [4.69, 9.17) is 9.47 Å². The number of hydrogen-bond acceptors (Lipinski definition) is 4. The number of fused-ring (bicyclic) bond motifs is 1. The average molecular weight is 236 g/mol. The maximum Gasteiger partial charge on any atom is 0.231 e. The molecule has 0 unspecified atom stereocenters. The molecule has 94 valence electrons. The van der Waals surface area contributed by atoms with Crippen LogP contribution in [0.2, 0.25) is 0 Å². The van der Waals surface area contributed by atoms with E-state index in [0.717, 1.165) is 24.7 Å². The quantitative estimate of drug-likeness (QED) is 0.600. The van der Waals surface area contributed by atoms with Gasteiger partial charge in [0.05, 0.1) is 0 Å². The van der Waals surface area contributed by atoms with Crippen molar-refractivity contribution >= 4 is 0 Å². The Morgan fingerprint density at radius 2 is 2.00 bits per heavy atom. The van der Waals surface area contributed by atoms with Gasteiger partial charge in [-0.15, -0.1) is 0 Å². The van der Waals surface area contributed by atoms with E-state index in [1.165, 1.54) is 5.56 Å². The summed E-state index contributed by atoms with van der Waals surface area (Å²) in [5, 5.41) is 6.44. The highest BCUT2D eigenvalue weighted by Gasteiger charge is 2.23. The van der Waals surface area contributed by atoms with Crippen LogP contribution in [0, 0.1) is 0 Å². The SMILES string of the molecule is CNCNCC(C)(C)c1ccc2c(c1)OCO2. The van der Waals surface area contributed by atoms with Crippen molar-refractivity contribution in [3.05, 3.63) is 23.8 Å². The second-order valence-electron chi connectivity index (χ2n) is 4.91. The molecule has 0 aliphatic carbocycles. The van der Waals surface area contributed by atoms with Crippen LogP contribution in [0.5, 0.6) is 11.5 Å². The first-order valence-electron chi connectivity index (χ1n) is 5.89. The van der Waals surface area contributed by atoms with Crippen LogP contribution in [0.25, 0.3) is 0 Å². The summed E-state index contributed by atoms with van der Waals surface area (Å²) in [5.41, 5.74) is 1.32. The standard InChI is InChI=1S/C13H20N2O2/c1-13(2,7-15-8-14-3)10-4-5-11-12(6-10)17-9-16-11/h4-6,14-15H,7-9H2,1-3H3. The van der Waals surface area contributed by atoms with E-state index in [-0.39, 0.29) is 5.41 Å². The van der Waals surface area contributed by atoms with Gasteiger partial charge in [0.15, 0.2) is 11.5 Å². The van der Waals surface area contributed by atoms with E-state index < -0.39 is 0 Å². The normalized spacial score (nSPS) is 14.1. The molecule has 1 aliphatic rings. The highest BCUT2D eigenvalue weighted by atomic mass is 16.7. The molecule has 0 amide bonds. The van der Waals surface area contributed by atoms with Gasteiger partial charge in [0.1, 0.15) is 0 Å². The van der Waals surface area contributed by atoms with Gasteiger partial charge >= 0.3 is 0 Å². The zero-order valence-corrected chi connectivity index (χ0v) is 10.7. The highest BCUT2D eigenvalue weighted by molar-refractivity contribution is 5.46. The van der Waals surface area contributed by atoms with E-state index >= 15 is 0 Å². The second-order valence-corrected chi connectivity index (χ2v) is 4.91. The Balaban J connectivity index is 2.10. The summed E-state index contributed by atoms with van der Waals surface area (Å²) >= 11 is 0. The largest absolute Gasteiger partial charge is 0.454 e. The Kier molecular flexibility index (Phi) is 3.54. The fraction of sp³-hybridized carbons (Fsp3) is 0.538. The van der Waals surface area contributed by atoms with E-state index in [0.29, 0.717) is 6.79 Å². The fourth-order valence-electron chi connectivity index (χ4n) is 1.92. The molecule has 2 rings (SSSR count). The lowest BCUT2D eigenvalue weighted by Gasteiger charge is -2.26. The molecule has 1 heterocycles. The first kappa shape index (κ1) is 12.2. The third-order valence-electron chi connectivity index (χ3n) is 3.02. The van der Waals surface area contributed by atoms with Crippen LogP contribution in [0.1, 0.15) is 19.4 Å². The van der Waals surface area contributed by atoms with Gasteiger partial charge in [-0.3, -0.25) is 0 Å². The Morgan fingerprint density at radius 3 is 2.76 bits per heavy atom. The fourth-order valence-corrected chi connectivity index (χ4v) is 1.92. The highest BCUT2D eigenvalue weighted by Crippen LogP contribution is 2.36. The van der Waals surface area contributed by atoms with Crippen molar-refractivity contribution in [1.82, 2.24) is 10.6 Å². The van der Waals surface area contributed by atoms with Gasteiger partial charge in [-0.2, -0.15) is 0 Å². The smallest absolute Gasteiger partial charge is 0.231 e. The average Bonchev–Trinajstić information content (AvgIpc) is 2.76. The van der Waals surface area contributed by atoms with Gasteiger partial charge in [0, 0.05) is 18.6 Å². The molecule has 0 atom stereocenters. The minimum Gasteiger partial charge on any atom is -0.454 e. The summed E-state index contributed by atoms with van der Waals surface area (Å²) in [6, 6.07) is 6.16. The molecule has 0 fully saturated rings. The number of rotatable bonds is 5. The summed E-state index contributed by atoms with van der Waals surface area (Å²) in [5.74, 6) is 1.69. The van der Waals surface area contributed by atoms with E-state index in [1.54, 1.807) is 0 Å². The Morgan fingerprint density at radius 1 is 1.24 bits per heavy atom. The van der Waals surface area contributed by atoms with Crippen LogP contribution in [-0.2, 0) is 5.41 Å². The molecule has 4 heteroatoms. The topological polar surface area (TPSA) is 42.5 Å². The predicted molar refractivity (Wildman–Crippen MR) is 67.5 cm³/mol. The molecule has 0 aromatic heterocycles. The van der Waals surface area contributed by atoms with Gasteiger partial charge < -0.3 is 20.1 Å². The van der Waals surface area contributed by atoms with Gasteiger partial charge in [-0.25, -0.2) is 0 Å². The number of ether oxygens (including phenoxy) is 2. The van der Waals surface area contributed by atoms with Crippen LogP contribution in [0.15, 0.2) is 18.2 Å². The summed E-state index contributed by atoms with van der Waals surface area (Å²) < 4.78 is 10.7. The molecular formula is C13H20N2O2. The molecule has 17 heavy (non-hydrogen) atoms. The summed E-state index contributed by atoms with van der Waals surface area (Å²) in [4.78, 5) is 0. The maximum absolute atomic E-state index is 5.40. The van der Waals surface area contributed by atoms with E-state index in [9.17, 15) is 0 Å². The van der Waals surface area contributed by atoms with Crippen LogP contribution in [-0.4, -0.2) is 27.1 Å². The molecule has 1 aromatic carbocycles. The molecule has 0 saturated carbocycles. The van der Waals surface area contributed by atoms with Crippen molar-refractivity contribution in [1.29, 1.82) is 0 Å². The molecule has 2 N–H and O–H groups in total. The Hall–Kier alpha value is -1.26. The lowest BCUT2D eigenvalue weighted by molar-refractivity contribution is 0.174. The van der Waals surface area contributed by atoms with Gasteiger partial charge in [-0.05, 0) is 24.7 Å². The monoisotopic (exact) mass is 236 g/mol.